The molecule has 1 N–H and O–H groups in total. The molecule has 9 heteroatoms. The van der Waals surface area contributed by atoms with Crippen LogP contribution in [0.5, 0.6) is 0 Å². The van der Waals surface area contributed by atoms with Crippen molar-refractivity contribution in [3.8, 4) is 11.6 Å². The minimum Gasteiger partial charge on any atom is -0.461 e. The van der Waals surface area contributed by atoms with Gasteiger partial charge in [-0.25, -0.2) is 0 Å². The van der Waals surface area contributed by atoms with Gasteiger partial charge in [-0.3, -0.25) is 9.59 Å². The molecule has 1 aliphatic rings. The second-order valence-corrected chi connectivity index (χ2v) is 4.64. The van der Waals surface area contributed by atoms with Gasteiger partial charge in [-0.1, -0.05) is 0 Å². The van der Waals surface area contributed by atoms with Crippen molar-refractivity contribution in [1.82, 2.24) is 30.4 Å². The Kier molecular flexibility index (Phi) is 3.63. The van der Waals surface area contributed by atoms with Gasteiger partial charge in [0.05, 0.1) is 12.8 Å². The molecule has 9 nitrogen and oxygen atoms in total. The van der Waals surface area contributed by atoms with Gasteiger partial charge in [0.15, 0.2) is 5.76 Å². The van der Waals surface area contributed by atoms with Crippen molar-refractivity contribution in [3.63, 3.8) is 0 Å². The summed E-state index contributed by atoms with van der Waals surface area (Å²) in [7, 11) is 0. The number of carbonyl (C=O) groups is 2. The maximum Gasteiger partial charge on any atom is 0.246 e. The van der Waals surface area contributed by atoms with E-state index in [0.29, 0.717) is 24.7 Å². The lowest BCUT2D eigenvalue weighted by Crippen LogP contribution is -2.39. The second kappa shape index (κ2) is 5.73. The number of furan rings is 1. The predicted molar refractivity (Wildman–Crippen MR) is 69.7 cm³/mol. The first-order valence-electron chi connectivity index (χ1n) is 6.58. The maximum atomic E-state index is 12.2. The topological polar surface area (TPSA) is 106 Å². The minimum atomic E-state index is -0.213. The average Bonchev–Trinajstić information content (AvgIpc) is 3.08. The summed E-state index contributed by atoms with van der Waals surface area (Å²) in [6.07, 6.45) is 2.25. The zero-order chi connectivity index (χ0) is 14.7. The molecule has 0 atom stereocenters. The van der Waals surface area contributed by atoms with E-state index in [2.05, 4.69) is 20.7 Å². The molecule has 1 aliphatic heterocycles. The van der Waals surface area contributed by atoms with Gasteiger partial charge in [0.2, 0.25) is 17.6 Å². The van der Waals surface area contributed by atoms with Crippen molar-refractivity contribution in [2.75, 3.05) is 19.6 Å². The highest BCUT2D eigenvalue weighted by molar-refractivity contribution is 5.85. The van der Waals surface area contributed by atoms with E-state index in [4.69, 9.17) is 4.42 Å². The largest absolute Gasteiger partial charge is 0.461 e. The second-order valence-electron chi connectivity index (χ2n) is 4.64. The molecule has 2 aromatic heterocycles. The number of nitrogens with zero attached hydrogens (tertiary/aromatic N) is 5. The number of hydrogen-bond donors (Lipinski definition) is 1. The molecule has 0 bridgehead atoms. The van der Waals surface area contributed by atoms with Crippen molar-refractivity contribution in [1.29, 1.82) is 0 Å². The Hall–Kier alpha value is -2.71. The number of amides is 2. The zero-order valence-corrected chi connectivity index (χ0v) is 11.2. The van der Waals surface area contributed by atoms with Crippen LogP contribution in [0, 0.1) is 0 Å². The summed E-state index contributed by atoms with van der Waals surface area (Å²) < 4.78 is 5.16. The van der Waals surface area contributed by atoms with Gasteiger partial charge in [-0.2, -0.15) is 4.80 Å². The van der Waals surface area contributed by atoms with Crippen LogP contribution in [0.4, 0.5) is 0 Å². The molecule has 110 valence electrons. The van der Waals surface area contributed by atoms with Crippen molar-refractivity contribution in [3.05, 3.63) is 18.4 Å². The standard InChI is InChI=1S/C12H14N6O3/c19-10-7-17(5-2-4-13-10)11(20)8-18-15-12(14-16-18)9-3-1-6-21-9/h1,3,6H,2,4-5,7-8H2,(H,13,19). The van der Waals surface area contributed by atoms with Crippen LogP contribution in [0.25, 0.3) is 11.6 Å². The maximum absolute atomic E-state index is 12.2. The molecular formula is C12H14N6O3. The van der Waals surface area contributed by atoms with E-state index in [-0.39, 0.29) is 24.9 Å². The summed E-state index contributed by atoms with van der Waals surface area (Å²) in [6, 6.07) is 3.43. The third-order valence-electron chi connectivity index (χ3n) is 3.09. The molecule has 0 aliphatic carbocycles. The molecular weight excluding hydrogens is 276 g/mol. The Morgan fingerprint density at radius 3 is 3.19 bits per heavy atom. The normalized spacial score (nSPS) is 15.6. The van der Waals surface area contributed by atoms with Crippen molar-refractivity contribution in [2.24, 2.45) is 0 Å². The van der Waals surface area contributed by atoms with Gasteiger partial charge in [0, 0.05) is 13.1 Å². The van der Waals surface area contributed by atoms with Crippen LogP contribution in [-0.2, 0) is 16.1 Å². The van der Waals surface area contributed by atoms with E-state index < -0.39 is 0 Å². The Labute approximate surface area is 119 Å². The number of aromatic nitrogens is 4. The Balaban J connectivity index is 1.66. The summed E-state index contributed by atoms with van der Waals surface area (Å²) in [5, 5.41) is 14.4. The SMILES string of the molecule is O=C1CN(C(=O)Cn2nnc(-c3ccco3)n2)CCCN1. The number of carbonyl (C=O) groups excluding carboxylic acids is 2. The molecule has 3 rings (SSSR count). The highest BCUT2D eigenvalue weighted by Crippen LogP contribution is 2.12. The van der Waals surface area contributed by atoms with Crippen LogP contribution in [-0.4, -0.2) is 56.6 Å². The molecule has 0 radical (unpaired) electrons. The summed E-state index contributed by atoms with van der Waals surface area (Å²) in [4.78, 5) is 26.3. The van der Waals surface area contributed by atoms with Crippen LogP contribution in [0.3, 0.4) is 0 Å². The number of tetrazole rings is 1. The van der Waals surface area contributed by atoms with Crippen LogP contribution < -0.4 is 5.32 Å². The summed E-state index contributed by atoms with van der Waals surface area (Å²) in [5.74, 6) is 0.448. The van der Waals surface area contributed by atoms with Gasteiger partial charge in [0.1, 0.15) is 6.54 Å². The van der Waals surface area contributed by atoms with Crippen LogP contribution in [0.1, 0.15) is 6.42 Å². The molecule has 0 spiro atoms. The van der Waals surface area contributed by atoms with E-state index >= 15 is 0 Å². The zero-order valence-electron chi connectivity index (χ0n) is 11.2. The molecule has 1 fully saturated rings. The fourth-order valence-corrected chi connectivity index (χ4v) is 2.05. The fraction of sp³-hybridized carbons (Fsp3) is 0.417. The number of hydrogen-bond acceptors (Lipinski definition) is 6. The third kappa shape index (κ3) is 3.07. The van der Waals surface area contributed by atoms with Crippen LogP contribution >= 0.6 is 0 Å². The lowest BCUT2D eigenvalue weighted by atomic mass is 10.4. The van der Waals surface area contributed by atoms with Gasteiger partial charge in [0.25, 0.3) is 0 Å². The summed E-state index contributed by atoms with van der Waals surface area (Å²) >= 11 is 0. The van der Waals surface area contributed by atoms with Crippen LogP contribution in [0.2, 0.25) is 0 Å². The molecule has 2 aromatic rings. The first-order chi connectivity index (χ1) is 10.2. The molecule has 0 saturated carbocycles. The predicted octanol–water partition coefficient (Wildman–Crippen LogP) is -0.718. The van der Waals surface area contributed by atoms with Gasteiger partial charge >= 0.3 is 0 Å². The van der Waals surface area contributed by atoms with E-state index in [1.807, 2.05) is 0 Å². The fourth-order valence-electron chi connectivity index (χ4n) is 2.05. The summed E-state index contributed by atoms with van der Waals surface area (Å²) in [6.45, 7) is 1.14. The molecule has 3 heterocycles. The number of nitrogens with one attached hydrogen (secondary N) is 1. The molecule has 0 aromatic carbocycles. The molecule has 2 amide bonds. The Morgan fingerprint density at radius 1 is 1.48 bits per heavy atom. The summed E-state index contributed by atoms with van der Waals surface area (Å²) in [5.41, 5.74) is 0. The first kappa shape index (κ1) is 13.3. The van der Waals surface area contributed by atoms with Gasteiger partial charge in [-0.05, 0) is 23.8 Å². The van der Waals surface area contributed by atoms with E-state index in [1.165, 1.54) is 16.0 Å². The van der Waals surface area contributed by atoms with Gasteiger partial charge in [-0.15, -0.1) is 10.2 Å². The van der Waals surface area contributed by atoms with Crippen molar-refractivity contribution < 1.29 is 14.0 Å². The quantitative estimate of drug-likeness (QED) is 0.799. The number of rotatable bonds is 3. The van der Waals surface area contributed by atoms with E-state index in [9.17, 15) is 9.59 Å². The highest BCUT2D eigenvalue weighted by atomic mass is 16.3. The van der Waals surface area contributed by atoms with Gasteiger partial charge < -0.3 is 14.6 Å². The lowest BCUT2D eigenvalue weighted by Gasteiger charge is -2.18. The molecule has 0 unspecified atom stereocenters. The van der Waals surface area contributed by atoms with E-state index in [0.717, 1.165) is 6.42 Å². The highest BCUT2D eigenvalue weighted by Gasteiger charge is 2.21. The van der Waals surface area contributed by atoms with E-state index in [1.54, 1.807) is 12.1 Å². The third-order valence-corrected chi connectivity index (χ3v) is 3.09. The van der Waals surface area contributed by atoms with Crippen molar-refractivity contribution >= 4 is 11.8 Å². The van der Waals surface area contributed by atoms with Crippen molar-refractivity contribution in [2.45, 2.75) is 13.0 Å². The minimum absolute atomic E-state index is 0.0546. The Morgan fingerprint density at radius 2 is 2.38 bits per heavy atom. The smallest absolute Gasteiger partial charge is 0.246 e. The monoisotopic (exact) mass is 290 g/mol. The lowest BCUT2D eigenvalue weighted by molar-refractivity contribution is -0.136. The average molecular weight is 290 g/mol. The molecule has 21 heavy (non-hydrogen) atoms. The molecule has 1 saturated heterocycles. The first-order valence-corrected chi connectivity index (χ1v) is 6.58. The Bertz CT molecular complexity index is 635. The van der Waals surface area contributed by atoms with Crippen LogP contribution in [0.15, 0.2) is 22.8 Å².